The lowest BCUT2D eigenvalue weighted by Crippen LogP contribution is -2.10. The zero-order valence-electron chi connectivity index (χ0n) is 14.1. The van der Waals surface area contributed by atoms with E-state index in [1.165, 1.54) is 16.5 Å². The Kier molecular flexibility index (Phi) is 4.96. The third-order valence-electron chi connectivity index (χ3n) is 3.95. The van der Waals surface area contributed by atoms with Crippen LogP contribution < -0.4 is 5.32 Å². The van der Waals surface area contributed by atoms with E-state index in [9.17, 15) is 0 Å². The minimum atomic E-state index is 0. The average molecular weight is 327 g/mol. The Morgan fingerprint density at radius 1 is 0.913 bits per heavy atom. The predicted octanol–water partition coefficient (Wildman–Crippen LogP) is 6.01. The Labute approximate surface area is 144 Å². The second-order valence-corrected chi connectivity index (χ2v) is 6.79. The van der Waals surface area contributed by atoms with Crippen molar-refractivity contribution in [1.29, 1.82) is 0 Å². The summed E-state index contributed by atoms with van der Waals surface area (Å²) in [6.07, 6.45) is 0. The Balaban J connectivity index is 0.00000192. The molecule has 0 radical (unpaired) electrons. The van der Waals surface area contributed by atoms with Crippen LogP contribution in [0.5, 0.6) is 0 Å². The van der Waals surface area contributed by atoms with Crippen molar-refractivity contribution in [3.05, 3.63) is 65.7 Å². The third kappa shape index (κ3) is 3.83. The number of pyridine rings is 1. The van der Waals surface area contributed by atoms with Crippen LogP contribution >= 0.6 is 12.4 Å². The second-order valence-electron chi connectivity index (χ2n) is 6.79. The Morgan fingerprint density at radius 3 is 2.22 bits per heavy atom. The van der Waals surface area contributed by atoms with Crippen molar-refractivity contribution in [2.24, 2.45) is 0 Å². The fourth-order valence-electron chi connectivity index (χ4n) is 2.61. The zero-order valence-corrected chi connectivity index (χ0v) is 14.9. The van der Waals surface area contributed by atoms with Gasteiger partial charge in [-0.1, -0.05) is 51.1 Å². The van der Waals surface area contributed by atoms with E-state index >= 15 is 0 Å². The van der Waals surface area contributed by atoms with Gasteiger partial charge in [-0.25, -0.2) is 4.98 Å². The molecule has 23 heavy (non-hydrogen) atoms. The van der Waals surface area contributed by atoms with Gasteiger partial charge in [0.2, 0.25) is 0 Å². The predicted molar refractivity (Wildman–Crippen MR) is 102 cm³/mol. The Bertz CT molecular complexity index is 802. The summed E-state index contributed by atoms with van der Waals surface area (Å²) in [7, 11) is 0. The standard InChI is InChI=1S/C20H22N2.ClH/c1-14-13-19(22-18-8-6-5-7-17(14)18)21-16-11-9-15(10-12-16)20(2,3)4;/h5-13H,1-4H3,(H,21,22);1H. The molecule has 2 nitrogen and oxygen atoms in total. The van der Waals surface area contributed by atoms with Crippen molar-refractivity contribution in [2.75, 3.05) is 5.32 Å². The summed E-state index contributed by atoms with van der Waals surface area (Å²) in [6, 6.07) is 18.9. The lowest BCUT2D eigenvalue weighted by atomic mass is 9.87. The van der Waals surface area contributed by atoms with Crippen LogP contribution in [0.2, 0.25) is 0 Å². The van der Waals surface area contributed by atoms with E-state index in [-0.39, 0.29) is 17.8 Å². The molecule has 2 aromatic carbocycles. The first-order valence-electron chi connectivity index (χ1n) is 7.67. The SMILES string of the molecule is Cc1cc(Nc2ccc(C(C)(C)C)cc2)nc2ccccc12.Cl. The van der Waals surface area contributed by atoms with Crippen molar-refractivity contribution >= 4 is 34.8 Å². The summed E-state index contributed by atoms with van der Waals surface area (Å²) in [4.78, 5) is 4.69. The molecule has 0 aliphatic heterocycles. The number of aromatic nitrogens is 1. The summed E-state index contributed by atoms with van der Waals surface area (Å²) in [5, 5.41) is 4.61. The molecule has 3 aromatic rings. The number of nitrogens with one attached hydrogen (secondary N) is 1. The van der Waals surface area contributed by atoms with Gasteiger partial charge in [0.15, 0.2) is 0 Å². The number of anilines is 2. The highest BCUT2D eigenvalue weighted by atomic mass is 35.5. The molecule has 3 rings (SSSR count). The van der Waals surface area contributed by atoms with E-state index in [0.717, 1.165) is 17.0 Å². The fraction of sp³-hybridized carbons (Fsp3) is 0.250. The van der Waals surface area contributed by atoms with Gasteiger partial charge >= 0.3 is 0 Å². The molecular formula is C20H23ClN2. The molecule has 0 unspecified atom stereocenters. The van der Waals surface area contributed by atoms with Crippen molar-refractivity contribution in [3.63, 3.8) is 0 Å². The van der Waals surface area contributed by atoms with E-state index in [1.807, 2.05) is 6.07 Å². The summed E-state index contributed by atoms with van der Waals surface area (Å²) < 4.78 is 0. The van der Waals surface area contributed by atoms with Gasteiger partial charge in [-0.3, -0.25) is 0 Å². The highest BCUT2D eigenvalue weighted by Gasteiger charge is 2.12. The minimum absolute atomic E-state index is 0. The van der Waals surface area contributed by atoms with Gasteiger partial charge in [-0.15, -0.1) is 12.4 Å². The highest BCUT2D eigenvalue weighted by molar-refractivity contribution is 5.85. The monoisotopic (exact) mass is 326 g/mol. The van der Waals surface area contributed by atoms with Crippen molar-refractivity contribution in [2.45, 2.75) is 33.1 Å². The first kappa shape index (κ1) is 17.3. The molecule has 0 saturated carbocycles. The number of halogens is 1. The maximum atomic E-state index is 4.69. The van der Waals surface area contributed by atoms with Gasteiger partial charge in [0.05, 0.1) is 5.52 Å². The summed E-state index contributed by atoms with van der Waals surface area (Å²) in [5.41, 5.74) is 4.84. The van der Waals surface area contributed by atoms with Gasteiger partial charge in [-0.05, 0) is 47.7 Å². The number of hydrogen-bond donors (Lipinski definition) is 1. The maximum Gasteiger partial charge on any atom is 0.131 e. The van der Waals surface area contributed by atoms with Crippen LogP contribution in [0.4, 0.5) is 11.5 Å². The largest absolute Gasteiger partial charge is 0.340 e. The highest BCUT2D eigenvalue weighted by Crippen LogP contribution is 2.26. The van der Waals surface area contributed by atoms with Crippen LogP contribution in [0.1, 0.15) is 31.9 Å². The van der Waals surface area contributed by atoms with Crippen LogP contribution in [-0.4, -0.2) is 4.98 Å². The van der Waals surface area contributed by atoms with Crippen LogP contribution in [0.15, 0.2) is 54.6 Å². The fourth-order valence-corrected chi connectivity index (χ4v) is 2.61. The van der Waals surface area contributed by atoms with Crippen molar-refractivity contribution in [3.8, 4) is 0 Å². The number of fused-ring (bicyclic) bond motifs is 1. The van der Waals surface area contributed by atoms with Gasteiger partial charge < -0.3 is 5.32 Å². The molecule has 1 N–H and O–H groups in total. The normalized spacial score (nSPS) is 11.1. The molecule has 0 aliphatic rings. The maximum absolute atomic E-state index is 4.69. The molecule has 0 fully saturated rings. The van der Waals surface area contributed by atoms with Gasteiger partial charge in [0.25, 0.3) is 0 Å². The smallest absolute Gasteiger partial charge is 0.131 e. The number of nitrogens with zero attached hydrogens (tertiary/aromatic N) is 1. The Morgan fingerprint density at radius 2 is 1.57 bits per heavy atom. The molecule has 1 heterocycles. The third-order valence-corrected chi connectivity index (χ3v) is 3.95. The van der Waals surface area contributed by atoms with Gasteiger partial charge in [-0.2, -0.15) is 0 Å². The summed E-state index contributed by atoms with van der Waals surface area (Å²) >= 11 is 0. The molecular weight excluding hydrogens is 304 g/mol. The van der Waals surface area contributed by atoms with Gasteiger partial charge in [0.1, 0.15) is 5.82 Å². The van der Waals surface area contributed by atoms with Gasteiger partial charge in [0, 0.05) is 11.1 Å². The van der Waals surface area contributed by atoms with E-state index < -0.39 is 0 Å². The van der Waals surface area contributed by atoms with Crippen LogP contribution in [0.25, 0.3) is 10.9 Å². The number of aryl methyl sites for hydroxylation is 1. The minimum Gasteiger partial charge on any atom is -0.340 e. The molecule has 0 spiro atoms. The molecule has 120 valence electrons. The van der Waals surface area contributed by atoms with Crippen LogP contribution in [0.3, 0.4) is 0 Å². The van der Waals surface area contributed by atoms with E-state index in [1.54, 1.807) is 0 Å². The summed E-state index contributed by atoms with van der Waals surface area (Å²) in [6.45, 7) is 8.80. The van der Waals surface area contributed by atoms with E-state index in [0.29, 0.717) is 0 Å². The molecule has 0 amide bonds. The molecule has 0 bridgehead atoms. The zero-order chi connectivity index (χ0) is 15.7. The van der Waals surface area contributed by atoms with Crippen molar-refractivity contribution in [1.82, 2.24) is 4.98 Å². The lowest BCUT2D eigenvalue weighted by Gasteiger charge is -2.19. The van der Waals surface area contributed by atoms with Crippen molar-refractivity contribution < 1.29 is 0 Å². The van der Waals surface area contributed by atoms with Crippen LogP contribution in [-0.2, 0) is 5.41 Å². The van der Waals surface area contributed by atoms with E-state index in [2.05, 4.69) is 81.5 Å². The number of para-hydroxylation sites is 1. The molecule has 1 aromatic heterocycles. The number of benzene rings is 2. The first-order valence-corrected chi connectivity index (χ1v) is 7.67. The average Bonchev–Trinajstić information content (AvgIpc) is 2.47. The molecule has 3 heteroatoms. The van der Waals surface area contributed by atoms with E-state index in [4.69, 9.17) is 4.98 Å². The summed E-state index contributed by atoms with van der Waals surface area (Å²) in [5.74, 6) is 0.889. The number of rotatable bonds is 2. The molecule has 0 saturated heterocycles. The van der Waals surface area contributed by atoms with Crippen LogP contribution in [0, 0.1) is 6.92 Å². The lowest BCUT2D eigenvalue weighted by molar-refractivity contribution is 0.590. The molecule has 0 atom stereocenters. The quantitative estimate of drug-likeness (QED) is 0.624. The molecule has 0 aliphatic carbocycles. The Hall–Kier alpha value is -2.06. The second kappa shape index (κ2) is 6.59. The first-order chi connectivity index (χ1) is 10.4. The topological polar surface area (TPSA) is 24.9 Å². The number of hydrogen-bond acceptors (Lipinski definition) is 2.